The van der Waals surface area contributed by atoms with E-state index in [1.165, 1.54) is 16.7 Å². The molecule has 0 saturated heterocycles. The van der Waals surface area contributed by atoms with E-state index in [1.807, 2.05) is 12.1 Å². The van der Waals surface area contributed by atoms with Gasteiger partial charge in [-0.2, -0.15) is 0 Å². The lowest BCUT2D eigenvalue weighted by Gasteiger charge is -2.26. The predicted octanol–water partition coefficient (Wildman–Crippen LogP) is 4.30. The summed E-state index contributed by atoms with van der Waals surface area (Å²) in [5, 5.41) is 0. The Kier molecular flexibility index (Phi) is 3.26. The lowest BCUT2D eigenvalue weighted by atomic mass is 9.78. The van der Waals surface area contributed by atoms with Crippen molar-refractivity contribution in [2.75, 3.05) is 0 Å². The van der Waals surface area contributed by atoms with Crippen LogP contribution in [0.25, 0.3) is 0 Å². The molecule has 0 heteroatoms. The smallest absolute Gasteiger partial charge is 0.0242 e. The molecule has 0 amide bonds. The largest absolute Gasteiger partial charge is 0.115 e. The predicted molar refractivity (Wildman–Crippen MR) is 77.7 cm³/mol. The van der Waals surface area contributed by atoms with E-state index in [4.69, 9.17) is 6.42 Å². The summed E-state index contributed by atoms with van der Waals surface area (Å²) in [7, 11) is 0. The fourth-order valence-electron chi connectivity index (χ4n) is 2.12. The van der Waals surface area contributed by atoms with Crippen molar-refractivity contribution in [3.8, 4) is 12.3 Å². The van der Waals surface area contributed by atoms with Crippen LogP contribution in [0.1, 0.15) is 36.1 Å². The third-order valence-electron chi connectivity index (χ3n) is 3.55. The lowest BCUT2D eigenvalue weighted by molar-refractivity contribution is 0.640. The summed E-state index contributed by atoms with van der Waals surface area (Å²) in [6.07, 6.45) is 5.39. The van der Waals surface area contributed by atoms with Gasteiger partial charge in [-0.05, 0) is 30.2 Å². The van der Waals surface area contributed by atoms with E-state index in [9.17, 15) is 0 Å². The maximum absolute atomic E-state index is 5.39. The molecule has 90 valence electrons. The van der Waals surface area contributed by atoms with Crippen LogP contribution in [0, 0.1) is 19.3 Å². The topological polar surface area (TPSA) is 0 Å². The van der Waals surface area contributed by atoms with Crippen LogP contribution < -0.4 is 0 Å². The van der Waals surface area contributed by atoms with E-state index in [1.54, 1.807) is 0 Å². The molecule has 0 aliphatic heterocycles. The molecule has 0 N–H and O–H groups in total. The number of aryl methyl sites for hydroxylation is 1. The van der Waals surface area contributed by atoms with Gasteiger partial charge in [0.1, 0.15) is 0 Å². The summed E-state index contributed by atoms with van der Waals surface area (Å²) < 4.78 is 0. The van der Waals surface area contributed by atoms with Crippen molar-refractivity contribution >= 4 is 0 Å². The van der Waals surface area contributed by atoms with Crippen LogP contribution in [0.2, 0.25) is 0 Å². The molecule has 0 bridgehead atoms. The third kappa shape index (κ3) is 2.31. The van der Waals surface area contributed by atoms with Crippen molar-refractivity contribution in [2.45, 2.75) is 26.2 Å². The highest BCUT2D eigenvalue weighted by Crippen LogP contribution is 2.31. The normalized spacial score (nSPS) is 11.0. The molecule has 0 fully saturated rings. The summed E-state index contributed by atoms with van der Waals surface area (Å²) in [4.78, 5) is 0. The summed E-state index contributed by atoms with van der Waals surface area (Å²) in [5.74, 6) is 2.65. The molecular formula is C18H18. The zero-order valence-corrected chi connectivity index (χ0v) is 11.2. The van der Waals surface area contributed by atoms with Crippen molar-refractivity contribution in [3.63, 3.8) is 0 Å². The van der Waals surface area contributed by atoms with E-state index < -0.39 is 0 Å². The minimum Gasteiger partial charge on any atom is -0.115 e. The lowest BCUT2D eigenvalue weighted by Crippen LogP contribution is -2.18. The second kappa shape index (κ2) is 4.70. The maximum Gasteiger partial charge on any atom is 0.0242 e. The van der Waals surface area contributed by atoms with Crippen LogP contribution in [0.3, 0.4) is 0 Å². The van der Waals surface area contributed by atoms with Gasteiger partial charge in [-0.15, -0.1) is 6.42 Å². The monoisotopic (exact) mass is 234 g/mol. The molecular weight excluding hydrogens is 216 g/mol. The van der Waals surface area contributed by atoms with E-state index >= 15 is 0 Å². The molecule has 18 heavy (non-hydrogen) atoms. The molecule has 0 heterocycles. The Bertz CT molecular complexity index is 563. The molecule has 0 aromatic heterocycles. The molecule has 0 spiro atoms. The number of terminal acetylenes is 1. The highest BCUT2D eigenvalue weighted by molar-refractivity contribution is 5.42. The molecule has 0 saturated carbocycles. The average molecular weight is 234 g/mol. The van der Waals surface area contributed by atoms with Crippen LogP contribution in [-0.4, -0.2) is 0 Å². The second-order valence-corrected chi connectivity index (χ2v) is 5.21. The van der Waals surface area contributed by atoms with Gasteiger partial charge in [-0.1, -0.05) is 61.7 Å². The van der Waals surface area contributed by atoms with E-state index in [2.05, 4.69) is 63.1 Å². The first-order chi connectivity index (χ1) is 8.54. The first-order valence-corrected chi connectivity index (χ1v) is 6.18. The maximum atomic E-state index is 5.39. The molecule has 0 radical (unpaired) electrons. The van der Waals surface area contributed by atoms with Crippen molar-refractivity contribution in [2.24, 2.45) is 0 Å². The second-order valence-electron chi connectivity index (χ2n) is 5.21. The van der Waals surface area contributed by atoms with Gasteiger partial charge < -0.3 is 0 Å². The summed E-state index contributed by atoms with van der Waals surface area (Å²) in [5.41, 5.74) is 4.82. The average Bonchev–Trinajstić information content (AvgIpc) is 2.39. The van der Waals surface area contributed by atoms with Gasteiger partial charge in [0.2, 0.25) is 0 Å². The van der Waals surface area contributed by atoms with Crippen LogP contribution in [0.15, 0.2) is 48.5 Å². The van der Waals surface area contributed by atoms with Crippen LogP contribution in [-0.2, 0) is 5.41 Å². The number of rotatable bonds is 2. The molecule has 0 aliphatic carbocycles. The number of hydrogen-bond donors (Lipinski definition) is 0. The van der Waals surface area contributed by atoms with E-state index in [0.29, 0.717) is 0 Å². The van der Waals surface area contributed by atoms with E-state index in [0.717, 1.165) is 5.56 Å². The minimum absolute atomic E-state index is 0.000822. The Morgan fingerprint density at radius 1 is 0.833 bits per heavy atom. The fourth-order valence-corrected chi connectivity index (χ4v) is 2.12. The first kappa shape index (κ1) is 12.5. The Morgan fingerprint density at radius 2 is 1.28 bits per heavy atom. The minimum atomic E-state index is 0.000822. The molecule has 2 rings (SSSR count). The number of benzene rings is 2. The molecule has 2 aromatic carbocycles. The first-order valence-electron chi connectivity index (χ1n) is 6.18. The number of hydrogen-bond acceptors (Lipinski definition) is 0. The molecule has 0 atom stereocenters. The summed E-state index contributed by atoms with van der Waals surface area (Å²) >= 11 is 0. The van der Waals surface area contributed by atoms with Gasteiger partial charge in [-0.25, -0.2) is 0 Å². The zero-order valence-electron chi connectivity index (χ0n) is 11.2. The molecule has 0 nitrogen and oxygen atoms in total. The van der Waals surface area contributed by atoms with Gasteiger partial charge in [0.05, 0.1) is 0 Å². The summed E-state index contributed by atoms with van der Waals surface area (Å²) in [6, 6.07) is 17.0. The highest BCUT2D eigenvalue weighted by atomic mass is 14.3. The summed E-state index contributed by atoms with van der Waals surface area (Å²) in [6.45, 7) is 6.59. The van der Waals surface area contributed by atoms with Crippen LogP contribution in [0.4, 0.5) is 0 Å². The van der Waals surface area contributed by atoms with Crippen molar-refractivity contribution in [3.05, 3.63) is 70.8 Å². The van der Waals surface area contributed by atoms with Gasteiger partial charge in [0.25, 0.3) is 0 Å². The SMILES string of the molecule is C#Cc1ccc(C(C)(C)c2ccc(C)cc2)cc1. The quantitative estimate of drug-likeness (QED) is 0.679. The highest BCUT2D eigenvalue weighted by Gasteiger charge is 2.22. The van der Waals surface area contributed by atoms with Crippen LogP contribution in [0.5, 0.6) is 0 Å². The Morgan fingerprint density at radius 3 is 1.72 bits per heavy atom. The van der Waals surface area contributed by atoms with Crippen molar-refractivity contribution in [1.82, 2.24) is 0 Å². The fraction of sp³-hybridized carbons (Fsp3) is 0.222. The Labute approximate surface area is 110 Å². The van der Waals surface area contributed by atoms with E-state index in [-0.39, 0.29) is 5.41 Å². The van der Waals surface area contributed by atoms with Crippen LogP contribution >= 0.6 is 0 Å². The van der Waals surface area contributed by atoms with Gasteiger partial charge in [0, 0.05) is 11.0 Å². The Hall–Kier alpha value is -2.00. The molecule has 2 aromatic rings. The Balaban J connectivity index is 2.40. The molecule has 0 unspecified atom stereocenters. The standard InChI is InChI=1S/C18H18/c1-5-15-8-12-17(13-9-15)18(3,4)16-10-6-14(2)7-11-16/h1,6-13H,2-4H3. The van der Waals surface area contributed by atoms with Gasteiger partial charge in [0.15, 0.2) is 0 Å². The van der Waals surface area contributed by atoms with Gasteiger partial charge in [-0.3, -0.25) is 0 Å². The van der Waals surface area contributed by atoms with Gasteiger partial charge >= 0.3 is 0 Å². The zero-order chi connectivity index (χ0) is 13.2. The van der Waals surface area contributed by atoms with Crippen molar-refractivity contribution < 1.29 is 0 Å². The third-order valence-corrected chi connectivity index (χ3v) is 3.55. The molecule has 0 aliphatic rings. The van der Waals surface area contributed by atoms with Crippen molar-refractivity contribution in [1.29, 1.82) is 0 Å².